The van der Waals surface area contributed by atoms with Crippen LogP contribution in [0.2, 0.25) is 0 Å². The number of amides is 2. The summed E-state index contributed by atoms with van der Waals surface area (Å²) >= 11 is 0. The van der Waals surface area contributed by atoms with Crippen molar-refractivity contribution in [3.05, 3.63) is 54.6 Å². The molecule has 3 fully saturated rings. The number of nitrogens with one attached hydrogen (secondary N) is 1. The molecule has 0 aromatic heterocycles. The maximum atomic E-state index is 13.4. The number of aryl methyl sites for hydroxylation is 1. The number of carbonyl (C=O) groups is 2. The fourth-order valence-corrected chi connectivity index (χ4v) is 8.34. The number of nitrogens with zero attached hydrogens (tertiary/aromatic N) is 1. The Labute approximate surface area is 198 Å². The second kappa shape index (κ2) is 8.14. The molecule has 1 heterocycles. The molecule has 2 unspecified atom stereocenters. The highest BCUT2D eigenvalue weighted by Gasteiger charge is 2.61. The number of anilines is 1. The van der Waals surface area contributed by atoms with E-state index in [1.165, 1.54) is 5.56 Å². The molecule has 33 heavy (non-hydrogen) atoms. The molecule has 1 aliphatic heterocycles. The van der Waals surface area contributed by atoms with Gasteiger partial charge in [0.15, 0.2) is 0 Å². The maximum Gasteiger partial charge on any atom is 0.246 e. The molecule has 1 aromatic carbocycles. The summed E-state index contributed by atoms with van der Waals surface area (Å²) in [5.41, 5.74) is 2.16. The maximum absolute atomic E-state index is 13.4. The first-order valence-corrected chi connectivity index (χ1v) is 12.8. The van der Waals surface area contributed by atoms with E-state index in [4.69, 9.17) is 0 Å². The van der Waals surface area contributed by atoms with Crippen LogP contribution < -0.4 is 5.32 Å². The highest BCUT2D eigenvalue weighted by atomic mass is 16.2. The van der Waals surface area contributed by atoms with Crippen molar-refractivity contribution in [1.82, 2.24) is 4.90 Å². The van der Waals surface area contributed by atoms with E-state index in [1.807, 2.05) is 29.2 Å². The van der Waals surface area contributed by atoms with E-state index < -0.39 is 0 Å². The average Bonchev–Trinajstić information content (AvgIpc) is 3.13. The fraction of sp³-hybridized carbons (Fsp3) is 0.586. The normalized spacial score (nSPS) is 39.4. The molecule has 5 rings (SSSR count). The first-order valence-electron chi connectivity index (χ1n) is 12.8. The van der Waals surface area contributed by atoms with E-state index in [9.17, 15) is 9.59 Å². The van der Waals surface area contributed by atoms with Crippen LogP contribution in [-0.2, 0) is 9.59 Å². The Balaban J connectivity index is 1.37. The summed E-state index contributed by atoms with van der Waals surface area (Å²) in [5, 5.41) is 3.23. The molecule has 7 atom stereocenters. The number of rotatable bonds is 4. The minimum atomic E-state index is 0.0169. The molecular formula is C29H38N2O2. The lowest BCUT2D eigenvalue weighted by Gasteiger charge is -2.60. The van der Waals surface area contributed by atoms with Crippen LogP contribution in [0.25, 0.3) is 0 Å². The van der Waals surface area contributed by atoms with Gasteiger partial charge < -0.3 is 10.2 Å². The van der Waals surface area contributed by atoms with Crippen LogP contribution in [-0.4, -0.2) is 29.3 Å². The first-order chi connectivity index (χ1) is 15.8. The molecule has 2 amide bonds. The summed E-state index contributed by atoms with van der Waals surface area (Å²) in [7, 11) is 0. The van der Waals surface area contributed by atoms with Gasteiger partial charge in [0.25, 0.3) is 0 Å². The Kier molecular flexibility index (Phi) is 5.54. The number of hydrogen-bond acceptors (Lipinski definition) is 2. The lowest BCUT2D eigenvalue weighted by Crippen LogP contribution is -2.60. The summed E-state index contributed by atoms with van der Waals surface area (Å²) in [4.78, 5) is 28.1. The lowest BCUT2D eigenvalue weighted by atomic mass is 9.47. The third-order valence-corrected chi connectivity index (χ3v) is 9.90. The minimum Gasteiger partial charge on any atom is -0.332 e. The molecule has 3 aliphatic carbocycles. The number of fused-ring (bicyclic) bond motifs is 5. The molecule has 1 N–H and O–H groups in total. The van der Waals surface area contributed by atoms with Crippen LogP contribution in [0.15, 0.2) is 49.1 Å². The van der Waals surface area contributed by atoms with Crippen molar-refractivity contribution in [3.8, 4) is 0 Å². The Hall–Kier alpha value is -2.36. The molecule has 176 valence electrons. The van der Waals surface area contributed by atoms with Crippen LogP contribution in [0.1, 0.15) is 57.9 Å². The van der Waals surface area contributed by atoms with Crippen molar-refractivity contribution in [2.24, 2.45) is 34.5 Å². The van der Waals surface area contributed by atoms with Gasteiger partial charge in [-0.25, -0.2) is 0 Å². The third-order valence-electron chi connectivity index (χ3n) is 9.90. The predicted molar refractivity (Wildman–Crippen MR) is 133 cm³/mol. The van der Waals surface area contributed by atoms with Gasteiger partial charge in [-0.2, -0.15) is 0 Å². The Morgan fingerprint density at radius 3 is 2.76 bits per heavy atom. The summed E-state index contributed by atoms with van der Waals surface area (Å²) in [5.74, 6) is 2.20. The Morgan fingerprint density at radius 1 is 1.18 bits per heavy atom. The van der Waals surface area contributed by atoms with E-state index in [0.29, 0.717) is 24.3 Å². The van der Waals surface area contributed by atoms with Crippen LogP contribution in [0.4, 0.5) is 5.69 Å². The summed E-state index contributed by atoms with van der Waals surface area (Å²) in [6, 6.07) is 8.37. The molecule has 4 aliphatic rings. The van der Waals surface area contributed by atoms with Gasteiger partial charge >= 0.3 is 0 Å². The zero-order valence-corrected chi connectivity index (χ0v) is 20.3. The van der Waals surface area contributed by atoms with E-state index >= 15 is 0 Å². The van der Waals surface area contributed by atoms with Crippen molar-refractivity contribution in [2.75, 3.05) is 11.9 Å². The molecule has 0 spiro atoms. The molecule has 1 aromatic rings. The Bertz CT molecular complexity index is 999. The number of hydrogen-bond donors (Lipinski definition) is 1. The predicted octanol–water partition coefficient (Wildman–Crippen LogP) is 5.75. The lowest BCUT2D eigenvalue weighted by molar-refractivity contribution is -0.142. The van der Waals surface area contributed by atoms with Crippen molar-refractivity contribution in [1.29, 1.82) is 0 Å². The van der Waals surface area contributed by atoms with Crippen molar-refractivity contribution in [2.45, 2.75) is 65.3 Å². The molecule has 4 nitrogen and oxygen atoms in total. The average molecular weight is 447 g/mol. The van der Waals surface area contributed by atoms with Crippen LogP contribution in [0.5, 0.6) is 0 Å². The van der Waals surface area contributed by atoms with Crippen molar-refractivity contribution in [3.63, 3.8) is 0 Å². The van der Waals surface area contributed by atoms with Gasteiger partial charge in [0.1, 0.15) is 0 Å². The second-order valence-electron chi connectivity index (χ2n) is 11.5. The second-order valence-corrected chi connectivity index (χ2v) is 11.5. The van der Waals surface area contributed by atoms with Gasteiger partial charge in [0, 0.05) is 29.6 Å². The SMILES string of the molecule is C=CCN1C(=O)C=C[C@@]2(C)C1CC[C@@H]1[C@H]2CC[C@]2(C)C(C(=O)Nc3cccc(C)c3)CC[C@@H]12. The van der Waals surface area contributed by atoms with E-state index in [1.54, 1.807) is 0 Å². The summed E-state index contributed by atoms with van der Waals surface area (Å²) < 4.78 is 0. The largest absolute Gasteiger partial charge is 0.332 e. The van der Waals surface area contributed by atoms with E-state index in [2.05, 4.69) is 50.9 Å². The van der Waals surface area contributed by atoms with Crippen molar-refractivity contribution < 1.29 is 9.59 Å². The van der Waals surface area contributed by atoms with Crippen LogP contribution in [0, 0.1) is 41.4 Å². The van der Waals surface area contributed by atoms with Crippen LogP contribution in [0.3, 0.4) is 0 Å². The monoisotopic (exact) mass is 446 g/mol. The van der Waals surface area contributed by atoms with Gasteiger partial charge in [0.2, 0.25) is 11.8 Å². The molecular weight excluding hydrogens is 408 g/mol. The smallest absolute Gasteiger partial charge is 0.246 e. The van der Waals surface area contributed by atoms with Gasteiger partial charge in [-0.3, -0.25) is 9.59 Å². The summed E-state index contributed by atoms with van der Waals surface area (Å²) in [6.07, 6.45) is 12.5. The topological polar surface area (TPSA) is 49.4 Å². The third kappa shape index (κ3) is 3.48. The van der Waals surface area contributed by atoms with Gasteiger partial charge in [-0.15, -0.1) is 6.58 Å². The van der Waals surface area contributed by atoms with Crippen molar-refractivity contribution >= 4 is 17.5 Å². The van der Waals surface area contributed by atoms with Gasteiger partial charge in [-0.05, 0) is 92.4 Å². The number of benzene rings is 1. The minimum absolute atomic E-state index is 0.0169. The standard InChI is InChI=1S/C29H38N2O2/c1-5-17-31-25-12-9-21-22-10-11-24(27(33)30-20-8-6-7-19(2)18-20)28(22,3)15-13-23(21)29(25,4)16-14-26(31)32/h5-8,14,16,18,21-25H,1,9-13,15,17H2,2-4H3,(H,30,33)/t21-,22-,23+,24?,25?,28-,29+/m0/s1. The van der Waals surface area contributed by atoms with Gasteiger partial charge in [-0.1, -0.05) is 38.1 Å². The van der Waals surface area contributed by atoms with E-state index in [0.717, 1.165) is 44.2 Å². The van der Waals surface area contributed by atoms with E-state index in [-0.39, 0.29) is 34.6 Å². The summed E-state index contributed by atoms with van der Waals surface area (Å²) in [6.45, 7) is 11.3. The molecule has 3 saturated carbocycles. The highest BCUT2D eigenvalue weighted by Crippen LogP contribution is 2.65. The molecule has 4 heteroatoms. The van der Waals surface area contributed by atoms with Crippen LogP contribution >= 0.6 is 0 Å². The zero-order valence-electron chi connectivity index (χ0n) is 20.3. The molecule has 0 saturated heterocycles. The molecule has 0 bridgehead atoms. The number of carbonyl (C=O) groups excluding carboxylic acids is 2. The highest BCUT2D eigenvalue weighted by molar-refractivity contribution is 5.93. The fourth-order valence-electron chi connectivity index (χ4n) is 8.34. The molecule has 0 radical (unpaired) electrons. The Morgan fingerprint density at radius 2 is 2.00 bits per heavy atom. The van der Waals surface area contributed by atoms with Gasteiger partial charge in [0.05, 0.1) is 0 Å². The zero-order chi connectivity index (χ0) is 23.4. The quantitative estimate of drug-likeness (QED) is 0.599. The first kappa shape index (κ1) is 22.4.